The Morgan fingerprint density at radius 2 is 1.92 bits per heavy atom. The molecule has 6 heteroatoms. The molecule has 0 saturated carbocycles. The molecular weight excluding hydrogens is 304 g/mol. The van der Waals surface area contributed by atoms with Gasteiger partial charge < -0.3 is 20.3 Å². The van der Waals surface area contributed by atoms with E-state index in [1.807, 2.05) is 37.3 Å². The van der Waals surface area contributed by atoms with Crippen LogP contribution in [-0.4, -0.2) is 43.7 Å². The molecule has 24 heavy (non-hydrogen) atoms. The maximum Gasteiger partial charge on any atom is 0.338 e. The molecule has 1 saturated heterocycles. The highest BCUT2D eigenvalue weighted by atomic mass is 16.5. The highest BCUT2D eigenvalue weighted by Crippen LogP contribution is 2.21. The van der Waals surface area contributed by atoms with E-state index >= 15 is 0 Å². The molecule has 6 nitrogen and oxygen atoms in total. The molecule has 3 rings (SSSR count). The number of hydrogen-bond acceptors (Lipinski definition) is 6. The third-order valence-corrected chi connectivity index (χ3v) is 4.10. The minimum Gasteiger partial charge on any atom is -0.462 e. The topological polar surface area (TPSA) is 71.7 Å². The number of piperazine rings is 1. The minimum absolute atomic E-state index is 0.274. The number of esters is 1. The Balaban J connectivity index is 1.65. The normalized spacial score (nSPS) is 14.5. The molecule has 1 fully saturated rings. The Morgan fingerprint density at radius 1 is 1.17 bits per heavy atom. The van der Waals surface area contributed by atoms with Gasteiger partial charge in [-0.1, -0.05) is 6.07 Å². The van der Waals surface area contributed by atoms with Gasteiger partial charge >= 0.3 is 5.97 Å². The smallest absolute Gasteiger partial charge is 0.338 e. The van der Waals surface area contributed by atoms with Crippen LogP contribution >= 0.6 is 0 Å². The lowest BCUT2D eigenvalue weighted by Crippen LogP contribution is -2.46. The van der Waals surface area contributed by atoms with Crippen molar-refractivity contribution in [1.29, 1.82) is 0 Å². The molecule has 2 aromatic rings. The highest BCUT2D eigenvalue weighted by molar-refractivity contribution is 5.90. The number of rotatable bonds is 4. The fourth-order valence-corrected chi connectivity index (χ4v) is 2.82. The van der Waals surface area contributed by atoms with E-state index in [0.29, 0.717) is 17.9 Å². The van der Waals surface area contributed by atoms with E-state index in [1.54, 1.807) is 12.3 Å². The molecule has 1 aromatic carbocycles. The Morgan fingerprint density at radius 3 is 2.58 bits per heavy atom. The van der Waals surface area contributed by atoms with Crippen molar-refractivity contribution in [2.75, 3.05) is 48.3 Å². The van der Waals surface area contributed by atoms with Crippen LogP contribution in [0.15, 0.2) is 42.6 Å². The van der Waals surface area contributed by atoms with Crippen molar-refractivity contribution in [3.05, 3.63) is 48.2 Å². The molecule has 1 aliphatic heterocycles. The van der Waals surface area contributed by atoms with Gasteiger partial charge in [0.05, 0.1) is 24.1 Å². The van der Waals surface area contributed by atoms with Crippen LogP contribution in [0.3, 0.4) is 0 Å². The van der Waals surface area contributed by atoms with Gasteiger partial charge in [-0.05, 0) is 37.3 Å². The first-order valence-corrected chi connectivity index (χ1v) is 8.16. The zero-order valence-corrected chi connectivity index (χ0v) is 13.8. The molecule has 126 valence electrons. The Bertz CT molecular complexity index is 694. The van der Waals surface area contributed by atoms with Gasteiger partial charge in [-0.25, -0.2) is 9.78 Å². The maximum absolute atomic E-state index is 11.9. The number of nitrogens with two attached hydrogens (primary N) is 1. The molecule has 2 N–H and O–H groups in total. The van der Waals surface area contributed by atoms with Crippen LogP contribution in [0.1, 0.15) is 17.3 Å². The van der Waals surface area contributed by atoms with Gasteiger partial charge in [0.1, 0.15) is 5.82 Å². The monoisotopic (exact) mass is 326 g/mol. The molecule has 0 aliphatic carbocycles. The molecule has 0 unspecified atom stereocenters. The van der Waals surface area contributed by atoms with Crippen LogP contribution < -0.4 is 15.5 Å². The molecule has 0 amide bonds. The van der Waals surface area contributed by atoms with Crippen LogP contribution in [0.4, 0.5) is 17.2 Å². The number of pyridine rings is 1. The second-order valence-corrected chi connectivity index (χ2v) is 5.69. The van der Waals surface area contributed by atoms with Crippen molar-refractivity contribution in [3.8, 4) is 0 Å². The summed E-state index contributed by atoms with van der Waals surface area (Å²) in [6.45, 7) is 5.69. The molecule has 2 heterocycles. The number of ether oxygens (including phenoxy) is 1. The first kappa shape index (κ1) is 16.1. The molecule has 1 aromatic heterocycles. The summed E-state index contributed by atoms with van der Waals surface area (Å²) in [5.41, 5.74) is 8.00. The quantitative estimate of drug-likeness (QED) is 0.868. The third kappa shape index (κ3) is 3.59. The number of hydrogen-bond donors (Lipinski definition) is 1. The van der Waals surface area contributed by atoms with Crippen molar-refractivity contribution < 1.29 is 9.53 Å². The van der Waals surface area contributed by atoms with E-state index in [-0.39, 0.29) is 5.97 Å². The molecule has 0 bridgehead atoms. The first-order chi connectivity index (χ1) is 11.7. The van der Waals surface area contributed by atoms with Crippen LogP contribution in [-0.2, 0) is 4.74 Å². The largest absolute Gasteiger partial charge is 0.462 e. The first-order valence-electron chi connectivity index (χ1n) is 8.16. The second kappa shape index (κ2) is 7.21. The summed E-state index contributed by atoms with van der Waals surface area (Å²) in [5, 5.41) is 0. The molecular formula is C18H22N4O2. The Hall–Kier alpha value is -2.76. The summed E-state index contributed by atoms with van der Waals surface area (Å²) in [6, 6.07) is 11.4. The van der Waals surface area contributed by atoms with Crippen LogP contribution in [0.5, 0.6) is 0 Å². The number of aromatic nitrogens is 1. The predicted octanol–water partition coefficient (Wildman–Crippen LogP) is 2.17. The van der Waals surface area contributed by atoms with E-state index in [1.165, 1.54) is 0 Å². The summed E-state index contributed by atoms with van der Waals surface area (Å²) in [4.78, 5) is 20.8. The average molecular weight is 326 g/mol. The van der Waals surface area contributed by atoms with Crippen molar-refractivity contribution in [2.24, 2.45) is 0 Å². The van der Waals surface area contributed by atoms with E-state index < -0.39 is 0 Å². The van der Waals surface area contributed by atoms with Gasteiger partial charge in [0.25, 0.3) is 0 Å². The standard InChI is InChI=1S/C18H22N4O2/c1-2-24-18(23)14-4-3-5-16(12-14)21-8-10-22(11-9-21)17-7-6-15(19)13-20-17/h3-7,12-13H,2,8-11,19H2,1H3. The number of nitrogens with zero attached hydrogens (tertiary/aromatic N) is 3. The number of nitrogen functional groups attached to an aromatic ring is 1. The van der Waals surface area contributed by atoms with Crippen molar-refractivity contribution >= 4 is 23.2 Å². The summed E-state index contributed by atoms with van der Waals surface area (Å²) < 4.78 is 5.07. The Kier molecular flexibility index (Phi) is 4.84. The van der Waals surface area contributed by atoms with Gasteiger partial charge in [0, 0.05) is 31.9 Å². The average Bonchev–Trinajstić information content (AvgIpc) is 2.63. The van der Waals surface area contributed by atoms with Crippen LogP contribution in [0.2, 0.25) is 0 Å². The van der Waals surface area contributed by atoms with Crippen LogP contribution in [0.25, 0.3) is 0 Å². The number of benzene rings is 1. The second-order valence-electron chi connectivity index (χ2n) is 5.69. The van der Waals surface area contributed by atoms with Crippen LogP contribution in [0, 0.1) is 0 Å². The fourth-order valence-electron chi connectivity index (χ4n) is 2.82. The molecule has 0 atom stereocenters. The molecule has 0 spiro atoms. The van der Waals surface area contributed by atoms with E-state index in [2.05, 4.69) is 14.8 Å². The highest BCUT2D eigenvalue weighted by Gasteiger charge is 2.19. The lowest BCUT2D eigenvalue weighted by Gasteiger charge is -2.36. The van der Waals surface area contributed by atoms with Crippen molar-refractivity contribution in [1.82, 2.24) is 4.98 Å². The predicted molar refractivity (Wildman–Crippen MR) is 95.5 cm³/mol. The van der Waals surface area contributed by atoms with Gasteiger partial charge in [-0.15, -0.1) is 0 Å². The van der Waals surface area contributed by atoms with E-state index in [9.17, 15) is 4.79 Å². The summed E-state index contributed by atoms with van der Waals surface area (Å²) in [5.74, 6) is 0.674. The lowest BCUT2D eigenvalue weighted by atomic mass is 10.1. The fraction of sp³-hybridized carbons (Fsp3) is 0.333. The summed E-state index contributed by atoms with van der Waals surface area (Å²) in [6.07, 6.45) is 1.69. The Labute approximate surface area is 141 Å². The van der Waals surface area contributed by atoms with E-state index in [4.69, 9.17) is 10.5 Å². The number of anilines is 3. The SMILES string of the molecule is CCOC(=O)c1cccc(N2CCN(c3ccc(N)cn3)CC2)c1. The molecule has 0 radical (unpaired) electrons. The lowest BCUT2D eigenvalue weighted by molar-refractivity contribution is 0.0526. The summed E-state index contributed by atoms with van der Waals surface area (Å²) >= 11 is 0. The van der Waals surface area contributed by atoms with Gasteiger partial charge in [-0.2, -0.15) is 0 Å². The maximum atomic E-state index is 11.9. The molecule has 1 aliphatic rings. The summed E-state index contributed by atoms with van der Waals surface area (Å²) in [7, 11) is 0. The number of carbonyl (C=O) groups is 1. The van der Waals surface area contributed by atoms with Gasteiger partial charge in [-0.3, -0.25) is 0 Å². The van der Waals surface area contributed by atoms with Crippen molar-refractivity contribution in [2.45, 2.75) is 6.92 Å². The minimum atomic E-state index is -0.274. The number of carbonyl (C=O) groups excluding carboxylic acids is 1. The van der Waals surface area contributed by atoms with Gasteiger partial charge in [0.15, 0.2) is 0 Å². The zero-order chi connectivity index (χ0) is 16.9. The third-order valence-electron chi connectivity index (χ3n) is 4.10. The van der Waals surface area contributed by atoms with E-state index in [0.717, 1.165) is 37.7 Å². The zero-order valence-electron chi connectivity index (χ0n) is 13.8. The van der Waals surface area contributed by atoms with Gasteiger partial charge in [0.2, 0.25) is 0 Å². The van der Waals surface area contributed by atoms with Crippen molar-refractivity contribution in [3.63, 3.8) is 0 Å².